The minimum atomic E-state index is -4.11. The van der Waals surface area contributed by atoms with Crippen molar-refractivity contribution in [3.63, 3.8) is 0 Å². The fourth-order valence-corrected chi connectivity index (χ4v) is 5.26. The Morgan fingerprint density at radius 1 is 1.15 bits per heavy atom. The molecule has 0 spiro atoms. The second kappa shape index (κ2) is 8.45. The highest BCUT2D eigenvalue weighted by Gasteiger charge is 2.24. The van der Waals surface area contributed by atoms with Crippen LogP contribution in [0.4, 0.5) is 10.2 Å². The molecular formula is C23H23FN4O4S. The maximum Gasteiger partial charge on any atom is 0.420 e. The van der Waals surface area contributed by atoms with Crippen molar-refractivity contribution in [3.05, 3.63) is 87.3 Å². The number of benzene rings is 2. The van der Waals surface area contributed by atoms with Crippen molar-refractivity contribution in [3.8, 4) is 0 Å². The van der Waals surface area contributed by atoms with E-state index in [4.69, 9.17) is 10.2 Å². The van der Waals surface area contributed by atoms with Crippen LogP contribution >= 0.6 is 0 Å². The third-order valence-electron chi connectivity index (χ3n) is 5.64. The molecule has 0 radical (unpaired) electrons. The van der Waals surface area contributed by atoms with E-state index >= 15 is 0 Å². The first kappa shape index (κ1) is 22.7. The first-order valence-corrected chi connectivity index (χ1v) is 11.7. The number of nitrogens with two attached hydrogens (primary N) is 1. The van der Waals surface area contributed by atoms with E-state index in [9.17, 15) is 17.6 Å². The van der Waals surface area contributed by atoms with Crippen LogP contribution in [0.5, 0.6) is 0 Å². The van der Waals surface area contributed by atoms with Gasteiger partial charge < -0.3 is 10.2 Å². The maximum atomic E-state index is 13.4. The molecule has 2 heterocycles. The van der Waals surface area contributed by atoms with Crippen molar-refractivity contribution in [1.29, 1.82) is 0 Å². The molecule has 0 bridgehead atoms. The topological polar surface area (TPSA) is 120 Å². The van der Waals surface area contributed by atoms with Crippen LogP contribution in [0.3, 0.4) is 0 Å². The van der Waals surface area contributed by atoms with Gasteiger partial charge in [0.2, 0.25) is 5.95 Å². The molecule has 3 N–H and O–H groups in total. The van der Waals surface area contributed by atoms with Gasteiger partial charge in [0.25, 0.3) is 10.0 Å². The lowest BCUT2D eigenvalue weighted by Crippen LogP contribution is -2.21. The van der Waals surface area contributed by atoms with Gasteiger partial charge in [-0.3, -0.25) is 9.29 Å². The standard InChI is InChI=1S/C23H23FN4O4S/c1-13-6-4-7-16(17(13)12-25)15(3)28-18-10-14(2)20(11-19(18)32-23(28)29)33(30,31)27-22-9-5-8-21(24)26-22/h4-11,15H,12,25H2,1-3H3,(H,26,27)/t15-/m1/s1. The summed E-state index contributed by atoms with van der Waals surface area (Å²) >= 11 is 0. The summed E-state index contributed by atoms with van der Waals surface area (Å²) < 4.78 is 48.4. The number of nitrogens with one attached hydrogen (secondary N) is 1. The Morgan fingerprint density at radius 3 is 2.58 bits per heavy atom. The van der Waals surface area contributed by atoms with Gasteiger partial charge >= 0.3 is 5.76 Å². The first-order chi connectivity index (χ1) is 15.6. The number of anilines is 1. The summed E-state index contributed by atoms with van der Waals surface area (Å²) in [6.45, 7) is 5.74. The molecule has 33 heavy (non-hydrogen) atoms. The van der Waals surface area contributed by atoms with Crippen molar-refractivity contribution in [2.24, 2.45) is 5.73 Å². The van der Waals surface area contributed by atoms with Gasteiger partial charge in [-0.25, -0.2) is 18.2 Å². The molecular weight excluding hydrogens is 447 g/mol. The van der Waals surface area contributed by atoms with Crippen LogP contribution in [0, 0.1) is 19.8 Å². The van der Waals surface area contributed by atoms with Crippen LogP contribution in [0.1, 0.15) is 35.2 Å². The minimum Gasteiger partial charge on any atom is -0.408 e. The van der Waals surface area contributed by atoms with Gasteiger partial charge in [0.1, 0.15) is 5.82 Å². The van der Waals surface area contributed by atoms with Crippen LogP contribution in [0.15, 0.2) is 62.6 Å². The number of aromatic nitrogens is 2. The lowest BCUT2D eigenvalue weighted by Gasteiger charge is -2.19. The summed E-state index contributed by atoms with van der Waals surface area (Å²) in [5, 5.41) is 0. The molecule has 0 saturated carbocycles. The van der Waals surface area contributed by atoms with Crippen molar-refractivity contribution in [2.75, 3.05) is 4.72 Å². The summed E-state index contributed by atoms with van der Waals surface area (Å²) in [7, 11) is -4.11. The Hall–Kier alpha value is -3.50. The second-order valence-corrected chi connectivity index (χ2v) is 9.45. The molecule has 0 aliphatic rings. The van der Waals surface area contributed by atoms with E-state index in [0.29, 0.717) is 17.6 Å². The number of rotatable bonds is 6. The molecule has 4 aromatic rings. The van der Waals surface area contributed by atoms with Crippen LogP contribution in [-0.2, 0) is 16.6 Å². The van der Waals surface area contributed by atoms with Gasteiger partial charge in [0, 0.05) is 12.6 Å². The second-order valence-electron chi connectivity index (χ2n) is 7.80. The highest BCUT2D eigenvalue weighted by Crippen LogP contribution is 2.29. The van der Waals surface area contributed by atoms with E-state index in [-0.39, 0.29) is 16.3 Å². The molecule has 4 rings (SSSR count). The highest BCUT2D eigenvalue weighted by atomic mass is 32.2. The molecule has 2 aromatic carbocycles. The van der Waals surface area contributed by atoms with Crippen LogP contribution in [0.2, 0.25) is 0 Å². The number of halogens is 1. The molecule has 1 atom stereocenters. The molecule has 0 fully saturated rings. The van der Waals surface area contributed by atoms with E-state index < -0.39 is 27.8 Å². The molecule has 8 nitrogen and oxygen atoms in total. The number of sulfonamides is 1. The van der Waals surface area contributed by atoms with Gasteiger partial charge in [-0.1, -0.05) is 24.3 Å². The quantitative estimate of drug-likeness (QED) is 0.415. The zero-order valence-corrected chi connectivity index (χ0v) is 19.1. The number of nitrogens with zero attached hydrogens (tertiary/aromatic N) is 2. The third kappa shape index (κ3) is 4.14. The molecule has 0 aliphatic carbocycles. The van der Waals surface area contributed by atoms with Gasteiger partial charge in [-0.05, 0) is 61.2 Å². The number of hydrogen-bond acceptors (Lipinski definition) is 6. The van der Waals surface area contributed by atoms with Gasteiger partial charge in [-0.15, -0.1) is 0 Å². The minimum absolute atomic E-state index is 0.104. The Kier molecular flexibility index (Phi) is 5.81. The predicted molar refractivity (Wildman–Crippen MR) is 123 cm³/mol. The normalized spacial score (nSPS) is 12.8. The first-order valence-electron chi connectivity index (χ1n) is 10.2. The average molecular weight is 471 g/mol. The monoisotopic (exact) mass is 470 g/mol. The number of hydrogen-bond donors (Lipinski definition) is 2. The molecule has 0 unspecified atom stereocenters. The Balaban J connectivity index is 1.81. The zero-order chi connectivity index (χ0) is 23.9. The summed E-state index contributed by atoms with van der Waals surface area (Å²) in [6.07, 6.45) is 0. The Labute approximate surface area is 189 Å². The van der Waals surface area contributed by atoms with Gasteiger partial charge in [0.05, 0.1) is 16.5 Å². The SMILES string of the molecule is Cc1cc2c(cc1S(=O)(=O)Nc1cccc(F)n1)oc(=O)n2[C@H](C)c1cccc(C)c1CN. The van der Waals surface area contributed by atoms with Crippen molar-refractivity contribution in [1.82, 2.24) is 9.55 Å². The van der Waals surface area contributed by atoms with Crippen molar-refractivity contribution < 1.29 is 17.2 Å². The van der Waals surface area contributed by atoms with E-state index in [1.54, 1.807) is 13.0 Å². The molecule has 0 amide bonds. The molecule has 2 aromatic heterocycles. The lowest BCUT2D eigenvalue weighted by molar-refractivity contribution is 0.488. The molecule has 0 aliphatic heterocycles. The summed E-state index contributed by atoms with van der Waals surface area (Å²) in [5.41, 5.74) is 9.75. The molecule has 172 valence electrons. The number of aryl methyl sites for hydroxylation is 2. The summed E-state index contributed by atoms with van der Waals surface area (Å²) in [5.74, 6) is -1.58. The van der Waals surface area contributed by atoms with E-state index in [1.165, 1.54) is 22.8 Å². The van der Waals surface area contributed by atoms with Gasteiger partial charge in [0.15, 0.2) is 5.58 Å². The summed E-state index contributed by atoms with van der Waals surface area (Å²) in [4.78, 5) is 16.2. The summed E-state index contributed by atoms with van der Waals surface area (Å²) in [6, 6.07) is 12.0. The number of pyridine rings is 1. The zero-order valence-electron chi connectivity index (χ0n) is 18.3. The third-order valence-corrected chi connectivity index (χ3v) is 7.14. The van der Waals surface area contributed by atoms with E-state index in [1.807, 2.05) is 32.0 Å². The van der Waals surface area contributed by atoms with Gasteiger partial charge in [-0.2, -0.15) is 4.39 Å². The van der Waals surface area contributed by atoms with Crippen molar-refractivity contribution >= 4 is 26.9 Å². The fraction of sp³-hybridized carbons (Fsp3) is 0.217. The van der Waals surface area contributed by atoms with Crippen LogP contribution < -0.4 is 16.2 Å². The van der Waals surface area contributed by atoms with E-state index in [2.05, 4.69) is 9.71 Å². The van der Waals surface area contributed by atoms with E-state index in [0.717, 1.165) is 22.8 Å². The number of oxazole rings is 1. The fourth-order valence-electron chi connectivity index (χ4n) is 4.01. The predicted octanol–water partition coefficient (Wildman–Crippen LogP) is 3.61. The smallest absolute Gasteiger partial charge is 0.408 e. The Bertz CT molecular complexity index is 1530. The largest absolute Gasteiger partial charge is 0.420 e. The molecule has 0 saturated heterocycles. The average Bonchev–Trinajstić information content (AvgIpc) is 3.06. The van der Waals surface area contributed by atoms with Crippen LogP contribution in [-0.4, -0.2) is 18.0 Å². The number of fused-ring (bicyclic) bond motifs is 1. The Morgan fingerprint density at radius 2 is 1.88 bits per heavy atom. The lowest BCUT2D eigenvalue weighted by atomic mass is 9.97. The maximum absolute atomic E-state index is 13.4. The van der Waals surface area contributed by atoms with Crippen molar-refractivity contribution in [2.45, 2.75) is 38.3 Å². The van der Waals surface area contributed by atoms with Crippen LogP contribution in [0.25, 0.3) is 11.1 Å². The molecule has 10 heteroatoms. The highest BCUT2D eigenvalue weighted by molar-refractivity contribution is 7.92.